The Morgan fingerprint density at radius 1 is 0.737 bits per heavy atom. The fraction of sp³-hybridized carbons (Fsp3) is 0.429. The Bertz CT molecular complexity index is 1060. The molecule has 0 aliphatic rings. The molecule has 0 heterocycles. The Morgan fingerprint density at radius 2 is 1.21 bits per heavy atom. The van der Waals surface area contributed by atoms with Gasteiger partial charge in [-0.15, -0.1) is 0 Å². The lowest BCUT2D eigenvalue weighted by molar-refractivity contribution is -0.145. The van der Waals surface area contributed by atoms with Crippen molar-refractivity contribution in [1.29, 1.82) is 0 Å². The second-order valence-electron chi connectivity index (χ2n) is 9.80. The maximum absolute atomic E-state index is 13.4. The average molecular weight is 527 g/mol. The molecule has 2 aromatic rings. The first-order chi connectivity index (χ1) is 18.0. The molecular weight excluding hydrogens is 488 g/mol. The predicted octanol–water partition coefficient (Wildman–Crippen LogP) is 0.765. The maximum Gasteiger partial charge on any atom is 0.328 e. The molecule has 2 aromatic carbocycles. The highest BCUT2D eigenvalue weighted by Gasteiger charge is 2.32. The molecule has 0 spiro atoms. The van der Waals surface area contributed by atoms with Crippen LogP contribution in [0.3, 0.4) is 0 Å². The van der Waals surface area contributed by atoms with Gasteiger partial charge >= 0.3 is 5.97 Å². The number of aliphatic hydroxyl groups excluding tert-OH is 1. The first kappa shape index (κ1) is 30.5. The van der Waals surface area contributed by atoms with Crippen molar-refractivity contribution in [3.63, 3.8) is 0 Å². The van der Waals surface area contributed by atoms with Crippen LogP contribution in [0.25, 0.3) is 0 Å². The van der Waals surface area contributed by atoms with Crippen LogP contribution in [-0.2, 0) is 32.0 Å². The summed E-state index contributed by atoms with van der Waals surface area (Å²) in [6.07, 6.45) is -0.704. The number of carboxylic acid groups (broad SMARTS) is 1. The minimum absolute atomic E-state index is 0.0256. The van der Waals surface area contributed by atoms with Gasteiger partial charge in [0.25, 0.3) is 0 Å². The van der Waals surface area contributed by atoms with Crippen molar-refractivity contribution in [3.05, 3.63) is 71.8 Å². The van der Waals surface area contributed by atoms with Gasteiger partial charge < -0.3 is 31.9 Å². The number of nitrogens with two attached hydrogens (primary N) is 1. The molecule has 0 bridgehead atoms. The average Bonchev–Trinajstić information content (AvgIpc) is 2.86. The van der Waals surface area contributed by atoms with Gasteiger partial charge in [-0.1, -0.05) is 74.5 Å². The second kappa shape index (κ2) is 14.8. The Labute approximate surface area is 223 Å². The molecular formula is C28H38N4O6. The number of aliphatic carboxylic acids is 1. The second-order valence-corrected chi connectivity index (χ2v) is 9.80. The van der Waals surface area contributed by atoms with Crippen LogP contribution in [0.15, 0.2) is 60.7 Å². The lowest BCUT2D eigenvalue weighted by Crippen LogP contribution is -2.59. The molecule has 3 amide bonds. The molecule has 5 atom stereocenters. The van der Waals surface area contributed by atoms with E-state index in [4.69, 9.17) is 5.73 Å². The fourth-order valence-electron chi connectivity index (χ4n) is 3.92. The number of carbonyl (C=O) groups excluding carboxylic acids is 3. The number of carboxylic acids is 1. The van der Waals surface area contributed by atoms with Crippen molar-refractivity contribution in [1.82, 2.24) is 16.0 Å². The summed E-state index contributed by atoms with van der Waals surface area (Å²) in [5.74, 6) is -3.30. The Morgan fingerprint density at radius 3 is 1.68 bits per heavy atom. The predicted molar refractivity (Wildman–Crippen MR) is 143 cm³/mol. The molecule has 5 unspecified atom stereocenters. The smallest absolute Gasteiger partial charge is 0.328 e. The van der Waals surface area contributed by atoms with Gasteiger partial charge in [0, 0.05) is 6.42 Å². The van der Waals surface area contributed by atoms with Crippen molar-refractivity contribution in [3.8, 4) is 0 Å². The van der Waals surface area contributed by atoms with E-state index in [1.165, 1.54) is 6.92 Å². The summed E-state index contributed by atoms with van der Waals surface area (Å²) in [7, 11) is 0. The lowest BCUT2D eigenvalue weighted by Gasteiger charge is -2.26. The van der Waals surface area contributed by atoms with Crippen LogP contribution >= 0.6 is 0 Å². The number of hydrogen-bond acceptors (Lipinski definition) is 6. The van der Waals surface area contributed by atoms with Gasteiger partial charge in [-0.3, -0.25) is 14.4 Å². The Kier molecular flexibility index (Phi) is 11.9. The molecule has 206 valence electrons. The molecule has 0 saturated carbocycles. The van der Waals surface area contributed by atoms with E-state index < -0.39 is 54.0 Å². The highest BCUT2D eigenvalue weighted by Crippen LogP contribution is 2.10. The summed E-state index contributed by atoms with van der Waals surface area (Å²) in [5.41, 5.74) is 7.79. The largest absolute Gasteiger partial charge is 0.480 e. The summed E-state index contributed by atoms with van der Waals surface area (Å²) in [6, 6.07) is 13.8. The minimum atomic E-state index is -1.54. The van der Waals surface area contributed by atoms with Crippen molar-refractivity contribution in [2.45, 2.75) is 70.3 Å². The summed E-state index contributed by atoms with van der Waals surface area (Å²) >= 11 is 0. The van der Waals surface area contributed by atoms with Crippen molar-refractivity contribution in [2.24, 2.45) is 11.7 Å². The fourth-order valence-corrected chi connectivity index (χ4v) is 3.92. The molecule has 0 radical (unpaired) electrons. The SMILES string of the molecule is CC(C)CC(NC(=O)C(Cc1ccccc1)NC(=O)C(N)Cc1ccccc1)C(=O)NC(C(=O)O)C(C)O. The van der Waals surface area contributed by atoms with Crippen molar-refractivity contribution >= 4 is 23.7 Å². The molecule has 10 nitrogen and oxygen atoms in total. The van der Waals surface area contributed by atoms with Crippen LogP contribution in [0.1, 0.15) is 38.3 Å². The van der Waals surface area contributed by atoms with E-state index >= 15 is 0 Å². The summed E-state index contributed by atoms with van der Waals surface area (Å²) in [4.78, 5) is 50.7. The standard InChI is InChI=1S/C28H38N4O6/c1-17(2)14-22(27(36)32-24(18(3)33)28(37)38)31-26(35)23(16-20-12-8-5-9-13-20)30-25(34)21(29)15-19-10-6-4-7-11-19/h4-13,17-18,21-24,33H,14-16,29H2,1-3H3,(H,30,34)(H,31,35)(H,32,36)(H,37,38). The third-order valence-electron chi connectivity index (χ3n) is 5.94. The molecule has 0 fully saturated rings. The zero-order valence-electron chi connectivity index (χ0n) is 22.0. The molecule has 0 aliphatic carbocycles. The van der Waals surface area contributed by atoms with E-state index in [9.17, 15) is 29.4 Å². The molecule has 7 N–H and O–H groups in total. The van der Waals surface area contributed by atoms with Gasteiger partial charge in [0.15, 0.2) is 6.04 Å². The first-order valence-electron chi connectivity index (χ1n) is 12.6. The highest BCUT2D eigenvalue weighted by atomic mass is 16.4. The molecule has 0 saturated heterocycles. The summed E-state index contributed by atoms with van der Waals surface area (Å²) in [6.45, 7) is 4.95. The Hall–Kier alpha value is -3.76. The Balaban J connectivity index is 2.21. The third kappa shape index (κ3) is 9.95. The van der Waals surface area contributed by atoms with E-state index in [2.05, 4.69) is 16.0 Å². The van der Waals surface area contributed by atoms with E-state index in [1.54, 1.807) is 0 Å². The van der Waals surface area contributed by atoms with E-state index in [0.717, 1.165) is 11.1 Å². The van der Waals surface area contributed by atoms with Gasteiger partial charge in [0.1, 0.15) is 12.1 Å². The number of amides is 3. The van der Waals surface area contributed by atoms with Crippen LogP contribution in [0.5, 0.6) is 0 Å². The maximum atomic E-state index is 13.4. The molecule has 0 aromatic heterocycles. The summed E-state index contributed by atoms with van der Waals surface area (Å²) in [5, 5.41) is 26.7. The zero-order valence-corrected chi connectivity index (χ0v) is 22.0. The number of benzene rings is 2. The number of carbonyl (C=O) groups is 4. The van der Waals surface area contributed by atoms with Crippen LogP contribution < -0.4 is 21.7 Å². The van der Waals surface area contributed by atoms with Gasteiger partial charge in [0.05, 0.1) is 12.1 Å². The van der Waals surface area contributed by atoms with Gasteiger partial charge in [-0.25, -0.2) is 4.79 Å². The molecule has 10 heteroatoms. The highest BCUT2D eigenvalue weighted by molar-refractivity contribution is 5.94. The quantitative estimate of drug-likeness (QED) is 0.211. The summed E-state index contributed by atoms with van der Waals surface area (Å²) < 4.78 is 0. The van der Waals surface area contributed by atoms with E-state index in [1.807, 2.05) is 74.5 Å². The van der Waals surface area contributed by atoms with E-state index in [-0.39, 0.29) is 25.2 Å². The van der Waals surface area contributed by atoms with Crippen molar-refractivity contribution < 1.29 is 29.4 Å². The van der Waals surface area contributed by atoms with Gasteiger partial charge in [0.2, 0.25) is 17.7 Å². The number of rotatable bonds is 14. The third-order valence-corrected chi connectivity index (χ3v) is 5.94. The van der Waals surface area contributed by atoms with Crippen LogP contribution in [0, 0.1) is 5.92 Å². The monoisotopic (exact) mass is 526 g/mol. The van der Waals surface area contributed by atoms with Crippen LogP contribution in [0.2, 0.25) is 0 Å². The topological polar surface area (TPSA) is 171 Å². The number of hydrogen-bond donors (Lipinski definition) is 6. The number of nitrogens with one attached hydrogen (secondary N) is 3. The molecule has 0 aliphatic heterocycles. The number of aliphatic hydroxyl groups is 1. The van der Waals surface area contributed by atoms with Crippen LogP contribution in [-0.4, -0.2) is 64.2 Å². The lowest BCUT2D eigenvalue weighted by atomic mass is 10.00. The van der Waals surface area contributed by atoms with Crippen molar-refractivity contribution in [2.75, 3.05) is 0 Å². The minimum Gasteiger partial charge on any atom is -0.480 e. The normalized spacial score (nSPS) is 15.0. The van der Waals surface area contributed by atoms with Gasteiger partial charge in [-0.2, -0.15) is 0 Å². The first-order valence-corrected chi connectivity index (χ1v) is 12.6. The van der Waals surface area contributed by atoms with Gasteiger partial charge in [-0.05, 0) is 36.8 Å². The zero-order chi connectivity index (χ0) is 28.2. The van der Waals surface area contributed by atoms with Crippen LogP contribution in [0.4, 0.5) is 0 Å². The molecule has 38 heavy (non-hydrogen) atoms. The molecule has 2 rings (SSSR count). The van der Waals surface area contributed by atoms with E-state index in [0.29, 0.717) is 0 Å².